The molecule has 6 heteroatoms. The van der Waals surface area contributed by atoms with Crippen LogP contribution < -0.4 is 5.32 Å². The first-order valence-electron chi connectivity index (χ1n) is 5.11. The number of ether oxygens (including phenoxy) is 2. The highest BCUT2D eigenvalue weighted by molar-refractivity contribution is 5.99. The standard InChI is InChI=1S/C11H16N2O4/c1-7(14)8-4-9(12-5-8)11(15)13-6-10(16-2)17-3/h4-5,10,12H,6H2,1-3H3,(H,13,15). The number of nitrogens with one attached hydrogen (secondary N) is 2. The van der Waals surface area contributed by atoms with Gasteiger partial charge in [0.2, 0.25) is 0 Å². The molecule has 1 aromatic heterocycles. The van der Waals surface area contributed by atoms with Gasteiger partial charge in [-0.15, -0.1) is 0 Å². The summed E-state index contributed by atoms with van der Waals surface area (Å²) in [6.45, 7) is 1.68. The number of H-pyrrole nitrogens is 1. The Morgan fingerprint density at radius 3 is 2.53 bits per heavy atom. The fourth-order valence-electron chi connectivity index (χ4n) is 1.26. The number of carbonyl (C=O) groups is 2. The van der Waals surface area contributed by atoms with Crippen LogP contribution in [0.2, 0.25) is 0 Å². The smallest absolute Gasteiger partial charge is 0.267 e. The number of carbonyl (C=O) groups excluding carboxylic acids is 2. The van der Waals surface area contributed by atoms with Gasteiger partial charge in [0.15, 0.2) is 12.1 Å². The first kappa shape index (κ1) is 13.4. The minimum absolute atomic E-state index is 0.0908. The number of Topliss-reactive ketones (excluding diaryl/α,β-unsaturated/α-hetero) is 1. The first-order valence-corrected chi connectivity index (χ1v) is 5.11. The lowest BCUT2D eigenvalue weighted by molar-refractivity contribution is -0.0974. The first-order chi connectivity index (χ1) is 8.08. The Bertz CT molecular complexity index is 396. The van der Waals surface area contributed by atoms with Crippen LogP contribution in [-0.2, 0) is 9.47 Å². The third-order valence-corrected chi connectivity index (χ3v) is 2.29. The molecular weight excluding hydrogens is 224 g/mol. The number of aromatic nitrogens is 1. The van der Waals surface area contributed by atoms with E-state index in [1.54, 1.807) is 0 Å². The number of ketones is 1. The van der Waals surface area contributed by atoms with Gasteiger partial charge in [0.05, 0.1) is 6.54 Å². The summed E-state index contributed by atoms with van der Waals surface area (Å²) < 4.78 is 9.86. The van der Waals surface area contributed by atoms with E-state index in [1.807, 2.05) is 0 Å². The lowest BCUT2D eigenvalue weighted by Gasteiger charge is -2.13. The molecule has 1 heterocycles. The van der Waals surface area contributed by atoms with Crippen molar-refractivity contribution in [1.29, 1.82) is 0 Å². The van der Waals surface area contributed by atoms with Crippen LogP contribution in [0, 0.1) is 0 Å². The lowest BCUT2D eigenvalue weighted by atomic mass is 10.2. The van der Waals surface area contributed by atoms with E-state index < -0.39 is 6.29 Å². The van der Waals surface area contributed by atoms with Gasteiger partial charge in [-0.25, -0.2) is 0 Å². The monoisotopic (exact) mass is 240 g/mol. The largest absolute Gasteiger partial charge is 0.356 e. The highest BCUT2D eigenvalue weighted by atomic mass is 16.7. The zero-order valence-electron chi connectivity index (χ0n) is 10.1. The van der Waals surface area contributed by atoms with Gasteiger partial charge in [0.1, 0.15) is 5.69 Å². The molecule has 0 aliphatic carbocycles. The van der Waals surface area contributed by atoms with Crippen LogP contribution in [0.1, 0.15) is 27.8 Å². The van der Waals surface area contributed by atoms with Crippen LogP contribution in [0.4, 0.5) is 0 Å². The number of aromatic amines is 1. The predicted octanol–water partition coefficient (Wildman–Crippen LogP) is 0.566. The van der Waals surface area contributed by atoms with Crippen LogP contribution in [0.25, 0.3) is 0 Å². The Hall–Kier alpha value is -1.66. The summed E-state index contributed by atoms with van der Waals surface area (Å²) in [4.78, 5) is 25.4. The van der Waals surface area contributed by atoms with Gasteiger partial charge in [-0.1, -0.05) is 0 Å². The molecular formula is C11H16N2O4. The van der Waals surface area contributed by atoms with Crippen molar-refractivity contribution in [3.05, 3.63) is 23.5 Å². The molecule has 1 amide bonds. The van der Waals surface area contributed by atoms with Gasteiger partial charge >= 0.3 is 0 Å². The molecule has 0 bridgehead atoms. The van der Waals surface area contributed by atoms with Crippen molar-refractivity contribution in [3.63, 3.8) is 0 Å². The van der Waals surface area contributed by atoms with Gasteiger partial charge in [-0.05, 0) is 13.0 Å². The zero-order valence-corrected chi connectivity index (χ0v) is 10.1. The average Bonchev–Trinajstić information content (AvgIpc) is 2.79. The number of rotatable bonds is 6. The van der Waals surface area contributed by atoms with Crippen LogP contribution in [0.15, 0.2) is 12.3 Å². The second-order valence-corrected chi connectivity index (χ2v) is 3.47. The Balaban J connectivity index is 2.54. The molecule has 6 nitrogen and oxygen atoms in total. The van der Waals surface area contributed by atoms with Crippen molar-refractivity contribution in [1.82, 2.24) is 10.3 Å². The quantitative estimate of drug-likeness (QED) is 0.562. The lowest BCUT2D eigenvalue weighted by Crippen LogP contribution is -2.34. The summed E-state index contributed by atoms with van der Waals surface area (Å²) in [7, 11) is 2.98. The number of hydrogen-bond acceptors (Lipinski definition) is 4. The van der Waals surface area contributed by atoms with Gasteiger partial charge in [0, 0.05) is 26.0 Å². The van der Waals surface area contributed by atoms with Crippen LogP contribution in [0.3, 0.4) is 0 Å². The second kappa shape index (κ2) is 6.17. The topological polar surface area (TPSA) is 80.4 Å². The van der Waals surface area contributed by atoms with Gasteiger partial charge < -0.3 is 19.8 Å². The SMILES string of the molecule is COC(CNC(=O)c1cc(C(C)=O)c[nH]1)OC. The van der Waals surface area contributed by atoms with E-state index in [0.29, 0.717) is 11.3 Å². The third-order valence-electron chi connectivity index (χ3n) is 2.29. The van der Waals surface area contributed by atoms with Crippen molar-refractivity contribution >= 4 is 11.7 Å². The molecule has 1 rings (SSSR count). The highest BCUT2D eigenvalue weighted by Crippen LogP contribution is 2.04. The normalized spacial score (nSPS) is 10.6. The molecule has 0 aliphatic rings. The molecule has 0 atom stereocenters. The predicted molar refractivity (Wildman–Crippen MR) is 60.9 cm³/mol. The molecule has 2 N–H and O–H groups in total. The molecule has 0 spiro atoms. The third kappa shape index (κ3) is 3.69. The summed E-state index contributed by atoms with van der Waals surface area (Å²) in [6.07, 6.45) is 1.02. The van der Waals surface area contributed by atoms with E-state index in [-0.39, 0.29) is 18.2 Å². The zero-order chi connectivity index (χ0) is 12.8. The van der Waals surface area contributed by atoms with Gasteiger partial charge in [0.25, 0.3) is 5.91 Å². The van der Waals surface area contributed by atoms with Crippen LogP contribution in [-0.4, -0.2) is 43.7 Å². The molecule has 0 saturated carbocycles. The van der Waals surface area contributed by atoms with Gasteiger partial charge in [-0.2, -0.15) is 0 Å². The van der Waals surface area contributed by atoms with E-state index in [0.717, 1.165) is 0 Å². The molecule has 0 aromatic carbocycles. The minimum atomic E-state index is -0.485. The fraction of sp³-hybridized carbons (Fsp3) is 0.455. The Labute approximate surface area is 99.3 Å². The van der Waals surface area contributed by atoms with E-state index in [1.165, 1.54) is 33.4 Å². The molecule has 94 valence electrons. The molecule has 1 aromatic rings. The van der Waals surface area contributed by atoms with Crippen molar-refractivity contribution in [2.75, 3.05) is 20.8 Å². The minimum Gasteiger partial charge on any atom is -0.356 e. The maximum atomic E-state index is 11.7. The average molecular weight is 240 g/mol. The van der Waals surface area contributed by atoms with E-state index in [9.17, 15) is 9.59 Å². The molecule has 0 saturated heterocycles. The molecule has 0 radical (unpaired) electrons. The second-order valence-electron chi connectivity index (χ2n) is 3.47. The summed E-state index contributed by atoms with van der Waals surface area (Å²) >= 11 is 0. The molecule has 0 aliphatic heterocycles. The van der Waals surface area contributed by atoms with Crippen LogP contribution in [0.5, 0.6) is 0 Å². The number of amides is 1. The Kier molecular flexibility index (Phi) is 4.86. The summed E-state index contributed by atoms with van der Waals surface area (Å²) in [6, 6.07) is 1.51. The van der Waals surface area contributed by atoms with E-state index in [4.69, 9.17) is 9.47 Å². The summed E-state index contributed by atoms with van der Waals surface area (Å²) in [5, 5.41) is 2.62. The molecule has 0 unspecified atom stereocenters. The molecule has 17 heavy (non-hydrogen) atoms. The maximum absolute atomic E-state index is 11.7. The van der Waals surface area contributed by atoms with E-state index in [2.05, 4.69) is 10.3 Å². The van der Waals surface area contributed by atoms with Crippen molar-refractivity contribution in [2.45, 2.75) is 13.2 Å². The van der Waals surface area contributed by atoms with E-state index >= 15 is 0 Å². The van der Waals surface area contributed by atoms with Crippen molar-refractivity contribution < 1.29 is 19.1 Å². The Morgan fingerprint density at radius 2 is 2.06 bits per heavy atom. The highest BCUT2D eigenvalue weighted by Gasteiger charge is 2.12. The van der Waals surface area contributed by atoms with Crippen LogP contribution >= 0.6 is 0 Å². The van der Waals surface area contributed by atoms with Crippen molar-refractivity contribution in [3.8, 4) is 0 Å². The fourth-order valence-corrected chi connectivity index (χ4v) is 1.26. The maximum Gasteiger partial charge on any atom is 0.267 e. The summed E-state index contributed by atoms with van der Waals surface area (Å²) in [5.41, 5.74) is 0.811. The number of methoxy groups -OCH3 is 2. The van der Waals surface area contributed by atoms with Crippen molar-refractivity contribution in [2.24, 2.45) is 0 Å². The summed E-state index contributed by atoms with van der Waals surface area (Å²) in [5.74, 6) is -0.399. The number of hydrogen-bond donors (Lipinski definition) is 2. The van der Waals surface area contributed by atoms with Gasteiger partial charge in [-0.3, -0.25) is 9.59 Å². The molecule has 0 fully saturated rings. The Morgan fingerprint density at radius 1 is 1.41 bits per heavy atom.